The molecule has 4 nitrogen and oxygen atoms in total. The summed E-state index contributed by atoms with van der Waals surface area (Å²) < 4.78 is 5.41. The van der Waals surface area contributed by atoms with Crippen molar-refractivity contribution in [3.63, 3.8) is 0 Å². The normalized spacial score (nSPS) is 17.0. The zero-order chi connectivity index (χ0) is 15.3. The quantitative estimate of drug-likeness (QED) is 0.789. The molecule has 0 bridgehead atoms. The molecular weight excluding hydrogens is 337 g/mol. The number of carbonyl (C=O) groups is 1. The third-order valence-electron chi connectivity index (χ3n) is 4.16. The Balaban J connectivity index is 0.00000242. The van der Waals surface area contributed by atoms with Crippen LogP contribution in [0, 0.1) is 0 Å². The Kier molecular flexibility index (Phi) is 9.78. The lowest BCUT2D eigenvalue weighted by molar-refractivity contribution is -0.152. The first-order valence-corrected chi connectivity index (χ1v) is 7.62. The Labute approximate surface area is 151 Å². The zero-order valence-corrected chi connectivity index (χ0v) is 15.4. The highest BCUT2D eigenvalue weighted by Crippen LogP contribution is 2.41. The topological polar surface area (TPSA) is 49.8 Å². The third-order valence-corrected chi connectivity index (χ3v) is 4.16. The smallest absolute Gasteiger partial charge is 0.316 e. The molecule has 1 aliphatic rings. The maximum atomic E-state index is 12.5. The standard InChI is InChI=1S/C17H25NO3.2ClH/c1-18(2)12-13-21-16(19)15(14-8-4-3-5-9-14)17(20)10-6-7-11-17;;/h3-5,8-9,15,20H,6-7,10-13H2,1-2H3;2*1H. The number of halogens is 2. The molecule has 2 rings (SSSR count). The summed E-state index contributed by atoms with van der Waals surface area (Å²) in [6.45, 7) is 1.04. The van der Waals surface area contributed by atoms with Crippen molar-refractivity contribution in [1.82, 2.24) is 4.90 Å². The van der Waals surface area contributed by atoms with Crippen molar-refractivity contribution in [2.75, 3.05) is 27.2 Å². The van der Waals surface area contributed by atoms with Gasteiger partial charge in [-0.25, -0.2) is 0 Å². The van der Waals surface area contributed by atoms with Gasteiger partial charge in [0, 0.05) is 6.54 Å². The average molecular weight is 364 g/mol. The van der Waals surface area contributed by atoms with Crippen LogP contribution < -0.4 is 0 Å². The fraction of sp³-hybridized carbons (Fsp3) is 0.588. The maximum Gasteiger partial charge on any atom is 0.316 e. The lowest BCUT2D eigenvalue weighted by atomic mass is 9.81. The maximum absolute atomic E-state index is 12.5. The highest BCUT2D eigenvalue weighted by atomic mass is 35.5. The summed E-state index contributed by atoms with van der Waals surface area (Å²) in [6.07, 6.45) is 3.25. The molecule has 0 heterocycles. The van der Waals surface area contributed by atoms with E-state index >= 15 is 0 Å². The van der Waals surface area contributed by atoms with E-state index in [9.17, 15) is 9.90 Å². The lowest BCUT2D eigenvalue weighted by Crippen LogP contribution is -2.39. The van der Waals surface area contributed by atoms with Crippen molar-refractivity contribution < 1.29 is 14.6 Å². The van der Waals surface area contributed by atoms with Crippen molar-refractivity contribution >= 4 is 30.8 Å². The van der Waals surface area contributed by atoms with Gasteiger partial charge in [-0.3, -0.25) is 4.79 Å². The van der Waals surface area contributed by atoms with Crippen LogP contribution in [0.2, 0.25) is 0 Å². The molecule has 1 fully saturated rings. The second-order valence-electron chi connectivity index (χ2n) is 6.13. The van der Waals surface area contributed by atoms with E-state index in [1.54, 1.807) is 0 Å². The van der Waals surface area contributed by atoms with E-state index in [2.05, 4.69) is 0 Å². The molecule has 1 aliphatic carbocycles. The summed E-state index contributed by atoms with van der Waals surface area (Å²) in [6, 6.07) is 9.50. The first-order valence-electron chi connectivity index (χ1n) is 7.62. The first-order chi connectivity index (χ1) is 10.0. The van der Waals surface area contributed by atoms with Gasteiger partial charge in [0.1, 0.15) is 12.5 Å². The number of esters is 1. The van der Waals surface area contributed by atoms with Crippen LogP contribution >= 0.6 is 24.8 Å². The van der Waals surface area contributed by atoms with Crippen LogP contribution in [0.5, 0.6) is 0 Å². The van der Waals surface area contributed by atoms with Gasteiger partial charge in [-0.2, -0.15) is 0 Å². The Morgan fingerprint density at radius 3 is 2.30 bits per heavy atom. The number of aliphatic hydroxyl groups is 1. The molecule has 6 heteroatoms. The molecule has 0 radical (unpaired) electrons. The molecule has 0 amide bonds. The van der Waals surface area contributed by atoms with E-state index in [4.69, 9.17) is 4.74 Å². The highest BCUT2D eigenvalue weighted by Gasteiger charge is 2.45. The summed E-state index contributed by atoms with van der Waals surface area (Å²) in [5.41, 5.74) is -0.118. The summed E-state index contributed by atoms with van der Waals surface area (Å²) in [5, 5.41) is 10.9. The Morgan fingerprint density at radius 1 is 1.22 bits per heavy atom. The number of carbonyl (C=O) groups excluding carboxylic acids is 1. The molecule has 1 N–H and O–H groups in total. The first kappa shape index (κ1) is 22.2. The van der Waals surface area contributed by atoms with Gasteiger partial charge in [0.25, 0.3) is 0 Å². The molecule has 1 aromatic rings. The van der Waals surface area contributed by atoms with Crippen LogP contribution in [0.1, 0.15) is 37.2 Å². The van der Waals surface area contributed by atoms with Gasteiger partial charge in [0.15, 0.2) is 0 Å². The number of likely N-dealkylation sites (N-methyl/N-ethyl adjacent to an activating group) is 1. The second-order valence-corrected chi connectivity index (χ2v) is 6.13. The number of ether oxygens (including phenoxy) is 1. The fourth-order valence-electron chi connectivity index (χ4n) is 3.00. The Hall–Kier alpha value is -0.810. The molecule has 1 unspecified atom stereocenters. The van der Waals surface area contributed by atoms with Gasteiger partial charge >= 0.3 is 5.97 Å². The van der Waals surface area contributed by atoms with Crippen LogP contribution in [-0.2, 0) is 9.53 Å². The minimum Gasteiger partial charge on any atom is -0.464 e. The number of benzene rings is 1. The summed E-state index contributed by atoms with van der Waals surface area (Å²) in [7, 11) is 3.88. The predicted octanol–water partition coefficient (Wildman–Crippen LogP) is 3.02. The van der Waals surface area contributed by atoms with Gasteiger partial charge < -0.3 is 14.7 Å². The largest absolute Gasteiger partial charge is 0.464 e. The molecule has 0 spiro atoms. The van der Waals surface area contributed by atoms with E-state index in [0.29, 0.717) is 26.0 Å². The minimum atomic E-state index is -0.962. The highest BCUT2D eigenvalue weighted by molar-refractivity contribution is 5.85. The second kappa shape index (κ2) is 10.1. The van der Waals surface area contributed by atoms with Crippen molar-refractivity contribution in [3.05, 3.63) is 35.9 Å². The average Bonchev–Trinajstić information content (AvgIpc) is 2.87. The Bertz CT molecular complexity index is 462. The predicted molar refractivity (Wildman–Crippen MR) is 96.6 cm³/mol. The van der Waals surface area contributed by atoms with Crippen molar-refractivity contribution in [2.45, 2.75) is 37.2 Å². The van der Waals surface area contributed by atoms with Gasteiger partial charge in [-0.05, 0) is 32.5 Å². The Morgan fingerprint density at radius 2 is 1.78 bits per heavy atom. The van der Waals surface area contributed by atoms with Crippen LogP contribution in [-0.4, -0.2) is 48.8 Å². The molecule has 0 saturated heterocycles. The molecule has 0 aliphatic heterocycles. The van der Waals surface area contributed by atoms with Crippen molar-refractivity contribution in [2.24, 2.45) is 0 Å². The zero-order valence-electron chi connectivity index (χ0n) is 13.7. The molecule has 1 aromatic carbocycles. The summed E-state index contributed by atoms with van der Waals surface area (Å²) >= 11 is 0. The van der Waals surface area contributed by atoms with E-state index in [0.717, 1.165) is 18.4 Å². The van der Waals surface area contributed by atoms with Gasteiger partial charge in [-0.15, -0.1) is 24.8 Å². The summed E-state index contributed by atoms with van der Waals surface area (Å²) in [4.78, 5) is 14.5. The number of nitrogens with zero attached hydrogens (tertiary/aromatic N) is 1. The van der Waals surface area contributed by atoms with E-state index < -0.39 is 11.5 Å². The van der Waals surface area contributed by atoms with Crippen LogP contribution in [0.25, 0.3) is 0 Å². The molecule has 0 aromatic heterocycles. The van der Waals surface area contributed by atoms with Crippen LogP contribution in [0.15, 0.2) is 30.3 Å². The SMILES string of the molecule is CN(C)CCOC(=O)C(c1ccccc1)C1(O)CCCC1.Cl.Cl. The fourth-order valence-corrected chi connectivity index (χ4v) is 3.00. The molecule has 132 valence electrons. The molecular formula is C17H27Cl2NO3. The van der Waals surface area contributed by atoms with Crippen molar-refractivity contribution in [1.29, 1.82) is 0 Å². The number of hydrogen-bond donors (Lipinski definition) is 1. The van der Waals surface area contributed by atoms with Crippen LogP contribution in [0.3, 0.4) is 0 Å². The van der Waals surface area contributed by atoms with Crippen LogP contribution in [0.4, 0.5) is 0 Å². The third kappa shape index (κ3) is 5.96. The van der Waals surface area contributed by atoms with Gasteiger partial charge in [0.05, 0.1) is 5.60 Å². The van der Waals surface area contributed by atoms with E-state index in [1.165, 1.54) is 0 Å². The molecule has 1 atom stereocenters. The van der Waals surface area contributed by atoms with Gasteiger partial charge in [0.2, 0.25) is 0 Å². The molecule has 1 saturated carbocycles. The number of hydrogen-bond acceptors (Lipinski definition) is 4. The van der Waals surface area contributed by atoms with Gasteiger partial charge in [-0.1, -0.05) is 43.2 Å². The number of rotatable bonds is 6. The molecule has 23 heavy (non-hydrogen) atoms. The monoisotopic (exact) mass is 363 g/mol. The summed E-state index contributed by atoms with van der Waals surface area (Å²) in [5.74, 6) is -0.893. The minimum absolute atomic E-state index is 0. The van der Waals surface area contributed by atoms with E-state index in [1.807, 2.05) is 49.3 Å². The van der Waals surface area contributed by atoms with Crippen molar-refractivity contribution in [3.8, 4) is 0 Å². The van der Waals surface area contributed by atoms with E-state index in [-0.39, 0.29) is 30.8 Å². The lowest BCUT2D eigenvalue weighted by Gasteiger charge is -2.31.